The van der Waals surface area contributed by atoms with E-state index < -0.39 is 12.0 Å². The number of rotatable bonds is 3. The SMILES string of the molecule is COC(=O)[C@@H](N)Cc1ccc(N)c(Cl)c1. The summed E-state index contributed by atoms with van der Waals surface area (Å²) in [5.74, 6) is -0.442. The second-order valence-electron chi connectivity index (χ2n) is 3.19. The molecule has 4 N–H and O–H groups in total. The van der Waals surface area contributed by atoms with Crippen molar-refractivity contribution in [3.63, 3.8) is 0 Å². The highest BCUT2D eigenvalue weighted by atomic mass is 35.5. The van der Waals surface area contributed by atoms with Crippen LogP contribution in [0.1, 0.15) is 5.56 Å². The van der Waals surface area contributed by atoms with Crippen molar-refractivity contribution >= 4 is 23.3 Å². The number of esters is 1. The number of halogens is 1. The highest BCUT2D eigenvalue weighted by Crippen LogP contribution is 2.20. The Morgan fingerprint density at radius 2 is 2.27 bits per heavy atom. The number of carbonyl (C=O) groups excluding carboxylic acids is 1. The molecule has 0 aliphatic heterocycles. The zero-order chi connectivity index (χ0) is 11.4. The molecule has 4 nitrogen and oxygen atoms in total. The topological polar surface area (TPSA) is 78.3 Å². The van der Waals surface area contributed by atoms with Crippen molar-refractivity contribution in [2.45, 2.75) is 12.5 Å². The molecule has 1 rings (SSSR count). The number of carbonyl (C=O) groups is 1. The van der Waals surface area contributed by atoms with Crippen LogP contribution < -0.4 is 11.5 Å². The molecular formula is C10H13ClN2O2. The highest BCUT2D eigenvalue weighted by Gasteiger charge is 2.14. The molecule has 0 aliphatic carbocycles. The van der Waals surface area contributed by atoms with Crippen molar-refractivity contribution in [1.82, 2.24) is 0 Å². The predicted molar refractivity (Wildman–Crippen MR) is 59.6 cm³/mol. The number of nitrogens with two attached hydrogens (primary N) is 2. The Balaban J connectivity index is 2.73. The molecule has 1 aromatic carbocycles. The molecule has 1 atom stereocenters. The second-order valence-corrected chi connectivity index (χ2v) is 3.60. The lowest BCUT2D eigenvalue weighted by atomic mass is 10.1. The number of hydrogen-bond donors (Lipinski definition) is 2. The van der Waals surface area contributed by atoms with E-state index in [0.717, 1.165) is 5.56 Å². The fourth-order valence-corrected chi connectivity index (χ4v) is 1.39. The number of nitrogen functional groups attached to an aromatic ring is 1. The van der Waals surface area contributed by atoms with Gasteiger partial charge in [0.15, 0.2) is 0 Å². The van der Waals surface area contributed by atoms with Crippen molar-refractivity contribution in [2.75, 3.05) is 12.8 Å². The van der Waals surface area contributed by atoms with Gasteiger partial charge in [-0.05, 0) is 24.1 Å². The molecule has 0 unspecified atom stereocenters. The van der Waals surface area contributed by atoms with Gasteiger partial charge >= 0.3 is 5.97 Å². The normalized spacial score (nSPS) is 12.2. The summed E-state index contributed by atoms with van der Waals surface area (Å²) in [7, 11) is 1.30. The van der Waals surface area contributed by atoms with E-state index in [2.05, 4.69) is 4.74 Å². The van der Waals surface area contributed by atoms with Gasteiger partial charge in [-0.2, -0.15) is 0 Å². The van der Waals surface area contributed by atoms with Gasteiger partial charge in [0.05, 0.1) is 17.8 Å². The number of hydrogen-bond acceptors (Lipinski definition) is 4. The molecular weight excluding hydrogens is 216 g/mol. The Kier molecular flexibility index (Phi) is 3.94. The first-order valence-electron chi connectivity index (χ1n) is 4.42. The van der Waals surface area contributed by atoms with E-state index in [9.17, 15) is 4.79 Å². The molecule has 0 aromatic heterocycles. The van der Waals surface area contributed by atoms with Crippen molar-refractivity contribution in [3.8, 4) is 0 Å². The van der Waals surface area contributed by atoms with Crippen LogP contribution in [0.25, 0.3) is 0 Å². The van der Waals surface area contributed by atoms with Crippen LogP contribution >= 0.6 is 11.6 Å². The molecule has 15 heavy (non-hydrogen) atoms. The van der Waals surface area contributed by atoms with Crippen molar-refractivity contribution in [3.05, 3.63) is 28.8 Å². The van der Waals surface area contributed by atoms with Gasteiger partial charge in [-0.3, -0.25) is 4.79 Å². The third-order valence-corrected chi connectivity index (χ3v) is 2.35. The minimum absolute atomic E-state index is 0.382. The van der Waals surface area contributed by atoms with Gasteiger partial charge in [0, 0.05) is 0 Å². The van der Waals surface area contributed by atoms with Crippen molar-refractivity contribution < 1.29 is 9.53 Å². The van der Waals surface area contributed by atoms with Gasteiger partial charge in [-0.15, -0.1) is 0 Å². The van der Waals surface area contributed by atoms with Crippen LogP contribution in [0, 0.1) is 0 Å². The lowest BCUT2D eigenvalue weighted by Crippen LogP contribution is -2.33. The van der Waals surface area contributed by atoms with E-state index in [1.165, 1.54) is 7.11 Å². The molecule has 5 heteroatoms. The Morgan fingerprint density at radius 1 is 1.60 bits per heavy atom. The average molecular weight is 229 g/mol. The van der Waals surface area contributed by atoms with E-state index in [1.807, 2.05) is 0 Å². The second kappa shape index (κ2) is 5.00. The summed E-state index contributed by atoms with van der Waals surface area (Å²) in [6, 6.07) is 4.49. The summed E-state index contributed by atoms with van der Waals surface area (Å²) in [5.41, 5.74) is 12.5. The van der Waals surface area contributed by atoms with Crippen LogP contribution in [0.5, 0.6) is 0 Å². The maximum absolute atomic E-state index is 11.1. The van der Waals surface area contributed by atoms with Gasteiger partial charge in [-0.1, -0.05) is 17.7 Å². The maximum Gasteiger partial charge on any atom is 0.322 e. The van der Waals surface area contributed by atoms with E-state index >= 15 is 0 Å². The molecule has 1 aromatic rings. The molecule has 0 spiro atoms. The lowest BCUT2D eigenvalue weighted by Gasteiger charge is -2.09. The minimum Gasteiger partial charge on any atom is -0.468 e. The van der Waals surface area contributed by atoms with E-state index in [4.69, 9.17) is 23.1 Å². The summed E-state index contributed by atoms with van der Waals surface area (Å²) in [6.07, 6.45) is 0.382. The molecule has 0 saturated heterocycles. The van der Waals surface area contributed by atoms with Crippen LogP contribution in [0.2, 0.25) is 5.02 Å². The zero-order valence-electron chi connectivity index (χ0n) is 8.37. The largest absolute Gasteiger partial charge is 0.468 e. The van der Waals surface area contributed by atoms with Crippen LogP contribution in [0.3, 0.4) is 0 Å². The first-order chi connectivity index (χ1) is 7.04. The highest BCUT2D eigenvalue weighted by molar-refractivity contribution is 6.33. The van der Waals surface area contributed by atoms with Crippen LogP contribution in [0.15, 0.2) is 18.2 Å². The first-order valence-corrected chi connectivity index (χ1v) is 4.79. The lowest BCUT2D eigenvalue weighted by molar-refractivity contribution is -0.142. The zero-order valence-corrected chi connectivity index (χ0v) is 9.12. The quantitative estimate of drug-likeness (QED) is 0.597. The maximum atomic E-state index is 11.1. The number of methoxy groups -OCH3 is 1. The fourth-order valence-electron chi connectivity index (χ4n) is 1.19. The monoisotopic (exact) mass is 228 g/mol. The van der Waals surface area contributed by atoms with E-state index in [-0.39, 0.29) is 0 Å². The summed E-state index contributed by atoms with van der Waals surface area (Å²) in [6.45, 7) is 0. The van der Waals surface area contributed by atoms with Crippen molar-refractivity contribution in [2.24, 2.45) is 5.73 Å². The standard InChI is InChI=1S/C10H13ClN2O2/c1-15-10(14)9(13)5-6-2-3-8(12)7(11)4-6/h2-4,9H,5,12-13H2,1H3/t9-/m0/s1. The van der Waals surface area contributed by atoms with E-state index in [1.54, 1.807) is 18.2 Å². The smallest absolute Gasteiger partial charge is 0.322 e. The Hall–Kier alpha value is -1.26. The van der Waals surface area contributed by atoms with Crippen LogP contribution in [-0.4, -0.2) is 19.1 Å². The third-order valence-electron chi connectivity index (χ3n) is 2.02. The molecule has 0 heterocycles. The van der Waals surface area contributed by atoms with Gasteiger partial charge < -0.3 is 16.2 Å². The fraction of sp³-hybridized carbons (Fsp3) is 0.300. The number of ether oxygens (including phenoxy) is 1. The Labute approximate surface area is 93.1 Å². The molecule has 0 radical (unpaired) electrons. The summed E-state index contributed by atoms with van der Waals surface area (Å²) in [5, 5.41) is 0.463. The van der Waals surface area contributed by atoms with E-state index in [0.29, 0.717) is 17.1 Å². The van der Waals surface area contributed by atoms with Crippen molar-refractivity contribution in [1.29, 1.82) is 0 Å². The molecule has 0 amide bonds. The molecule has 0 saturated carbocycles. The molecule has 0 aliphatic rings. The van der Waals surface area contributed by atoms with Gasteiger partial charge in [0.1, 0.15) is 6.04 Å². The van der Waals surface area contributed by atoms with Gasteiger partial charge in [0.2, 0.25) is 0 Å². The summed E-state index contributed by atoms with van der Waals surface area (Å²) < 4.78 is 4.52. The summed E-state index contributed by atoms with van der Waals surface area (Å²) >= 11 is 5.83. The Bertz CT molecular complexity index is 368. The molecule has 0 fully saturated rings. The molecule has 82 valence electrons. The first kappa shape index (κ1) is 11.8. The average Bonchev–Trinajstić information content (AvgIpc) is 2.22. The Morgan fingerprint density at radius 3 is 2.80 bits per heavy atom. The summed E-state index contributed by atoms with van der Waals surface area (Å²) in [4.78, 5) is 11.1. The van der Waals surface area contributed by atoms with Gasteiger partial charge in [0.25, 0.3) is 0 Å². The minimum atomic E-state index is -0.672. The van der Waals surface area contributed by atoms with Gasteiger partial charge in [-0.25, -0.2) is 0 Å². The number of benzene rings is 1. The number of anilines is 1. The predicted octanol–water partition coefficient (Wildman–Crippen LogP) is 0.965. The molecule has 0 bridgehead atoms. The van der Waals surface area contributed by atoms with Crippen LogP contribution in [0.4, 0.5) is 5.69 Å². The third kappa shape index (κ3) is 3.11. The van der Waals surface area contributed by atoms with Crippen LogP contribution in [-0.2, 0) is 16.0 Å².